The fraction of sp³-hybridized carbons (Fsp3) is 0.526. The van der Waals surface area contributed by atoms with Gasteiger partial charge in [-0.05, 0) is 56.9 Å². The molecule has 2 aromatic rings. The molecule has 1 amide bonds. The highest BCUT2D eigenvalue weighted by molar-refractivity contribution is 5.83. The fourth-order valence-electron chi connectivity index (χ4n) is 3.79. The van der Waals surface area contributed by atoms with Gasteiger partial charge in [0.1, 0.15) is 5.82 Å². The van der Waals surface area contributed by atoms with E-state index in [9.17, 15) is 4.79 Å². The molecule has 2 fully saturated rings. The molecule has 126 valence electrons. The first kappa shape index (κ1) is 15.4. The molecule has 0 aliphatic carbocycles. The minimum Gasteiger partial charge on any atom is -0.355 e. The SMILES string of the molecule is Cc1cc(C)c2ccc(N3CC(C(=O)N4CCCCC4)C3)nc2n1. The molecule has 0 atom stereocenters. The molecular formula is C19H24N4O. The van der Waals surface area contributed by atoms with Gasteiger partial charge in [0.15, 0.2) is 5.65 Å². The van der Waals surface area contributed by atoms with Gasteiger partial charge in [0.25, 0.3) is 0 Å². The van der Waals surface area contributed by atoms with Crippen molar-refractivity contribution in [3.63, 3.8) is 0 Å². The highest BCUT2D eigenvalue weighted by Gasteiger charge is 2.36. The van der Waals surface area contributed by atoms with Crippen LogP contribution in [0.1, 0.15) is 30.5 Å². The molecule has 24 heavy (non-hydrogen) atoms. The van der Waals surface area contributed by atoms with Crippen LogP contribution in [0.25, 0.3) is 11.0 Å². The normalized spacial score (nSPS) is 18.8. The quantitative estimate of drug-likeness (QED) is 0.852. The molecule has 0 aromatic carbocycles. The molecule has 2 aliphatic rings. The van der Waals surface area contributed by atoms with Crippen LogP contribution in [0.4, 0.5) is 5.82 Å². The van der Waals surface area contributed by atoms with E-state index in [0.717, 1.165) is 61.6 Å². The molecule has 4 rings (SSSR count). The number of likely N-dealkylation sites (tertiary alicyclic amines) is 1. The molecular weight excluding hydrogens is 300 g/mol. The van der Waals surface area contributed by atoms with Gasteiger partial charge in [0.2, 0.25) is 5.91 Å². The maximum atomic E-state index is 12.5. The summed E-state index contributed by atoms with van der Waals surface area (Å²) >= 11 is 0. The Morgan fingerprint density at radius 1 is 1.08 bits per heavy atom. The number of amides is 1. The van der Waals surface area contributed by atoms with Crippen LogP contribution in [0.2, 0.25) is 0 Å². The standard InChI is InChI=1S/C19H24N4O/c1-13-10-14(2)20-18-16(13)6-7-17(21-18)23-11-15(12-23)19(24)22-8-4-3-5-9-22/h6-7,10,15H,3-5,8-9,11-12H2,1-2H3. The van der Waals surface area contributed by atoms with E-state index in [-0.39, 0.29) is 5.92 Å². The Labute approximate surface area is 142 Å². The maximum Gasteiger partial charge on any atom is 0.229 e. The van der Waals surface area contributed by atoms with Crippen LogP contribution >= 0.6 is 0 Å². The number of rotatable bonds is 2. The average Bonchev–Trinajstić information content (AvgIpc) is 2.53. The molecule has 0 bridgehead atoms. The van der Waals surface area contributed by atoms with Crippen molar-refractivity contribution in [1.29, 1.82) is 0 Å². The number of carbonyl (C=O) groups is 1. The second kappa shape index (κ2) is 6.04. The van der Waals surface area contributed by atoms with Gasteiger partial charge in [-0.1, -0.05) is 0 Å². The number of anilines is 1. The highest BCUT2D eigenvalue weighted by Crippen LogP contribution is 2.27. The maximum absolute atomic E-state index is 12.5. The zero-order valence-corrected chi connectivity index (χ0v) is 14.5. The van der Waals surface area contributed by atoms with Crippen LogP contribution in [0, 0.1) is 19.8 Å². The number of carbonyl (C=O) groups excluding carboxylic acids is 1. The summed E-state index contributed by atoms with van der Waals surface area (Å²) in [6.07, 6.45) is 3.56. The molecule has 0 spiro atoms. The van der Waals surface area contributed by atoms with Crippen LogP contribution < -0.4 is 4.90 Å². The second-order valence-electron chi connectivity index (χ2n) is 7.11. The van der Waals surface area contributed by atoms with Crippen molar-refractivity contribution in [3.05, 3.63) is 29.5 Å². The lowest BCUT2D eigenvalue weighted by molar-refractivity contribution is -0.137. The molecule has 2 saturated heterocycles. The number of nitrogens with zero attached hydrogens (tertiary/aromatic N) is 4. The first-order valence-electron chi connectivity index (χ1n) is 8.90. The van der Waals surface area contributed by atoms with Gasteiger partial charge in [0.05, 0.1) is 5.92 Å². The molecule has 5 nitrogen and oxygen atoms in total. The summed E-state index contributed by atoms with van der Waals surface area (Å²) in [6.45, 7) is 7.52. The number of aryl methyl sites for hydroxylation is 2. The molecule has 2 aromatic heterocycles. The van der Waals surface area contributed by atoms with Gasteiger partial charge in [-0.3, -0.25) is 4.79 Å². The summed E-state index contributed by atoms with van der Waals surface area (Å²) in [5.41, 5.74) is 3.00. The lowest BCUT2D eigenvalue weighted by Gasteiger charge is -2.42. The van der Waals surface area contributed by atoms with E-state index in [1.54, 1.807) is 0 Å². The third-order valence-electron chi connectivity index (χ3n) is 5.22. The molecule has 0 N–H and O–H groups in total. The minimum atomic E-state index is 0.132. The van der Waals surface area contributed by atoms with Crippen molar-refractivity contribution < 1.29 is 4.79 Å². The highest BCUT2D eigenvalue weighted by atomic mass is 16.2. The van der Waals surface area contributed by atoms with Crippen LogP contribution in [0.15, 0.2) is 18.2 Å². The largest absolute Gasteiger partial charge is 0.355 e. The van der Waals surface area contributed by atoms with E-state index in [0.29, 0.717) is 5.91 Å². The summed E-state index contributed by atoms with van der Waals surface area (Å²) in [4.78, 5) is 26.0. The first-order valence-corrected chi connectivity index (χ1v) is 8.90. The van der Waals surface area contributed by atoms with Crippen molar-refractivity contribution in [2.24, 2.45) is 5.92 Å². The smallest absolute Gasteiger partial charge is 0.229 e. The van der Waals surface area contributed by atoms with Crippen molar-refractivity contribution in [2.45, 2.75) is 33.1 Å². The van der Waals surface area contributed by atoms with Gasteiger partial charge in [0, 0.05) is 37.3 Å². The Morgan fingerprint density at radius 3 is 2.58 bits per heavy atom. The topological polar surface area (TPSA) is 49.3 Å². The predicted octanol–water partition coefficient (Wildman–Crippen LogP) is 2.70. The fourth-order valence-corrected chi connectivity index (χ4v) is 3.79. The Hall–Kier alpha value is -2.17. The lowest BCUT2D eigenvalue weighted by atomic mass is 9.97. The average molecular weight is 324 g/mol. The number of fused-ring (bicyclic) bond motifs is 1. The molecule has 0 radical (unpaired) electrons. The molecule has 0 saturated carbocycles. The number of pyridine rings is 2. The van der Waals surface area contributed by atoms with Crippen molar-refractivity contribution in [2.75, 3.05) is 31.1 Å². The summed E-state index contributed by atoms with van der Waals surface area (Å²) in [5.74, 6) is 1.40. The van der Waals surface area contributed by atoms with E-state index in [4.69, 9.17) is 4.98 Å². The van der Waals surface area contributed by atoms with E-state index in [1.165, 1.54) is 12.0 Å². The second-order valence-corrected chi connectivity index (χ2v) is 7.11. The van der Waals surface area contributed by atoms with Gasteiger partial charge in [-0.25, -0.2) is 9.97 Å². The van der Waals surface area contributed by atoms with Crippen LogP contribution in [0.5, 0.6) is 0 Å². The first-order chi connectivity index (χ1) is 11.6. The summed E-state index contributed by atoms with van der Waals surface area (Å²) in [7, 11) is 0. The van der Waals surface area contributed by atoms with E-state index < -0.39 is 0 Å². The van der Waals surface area contributed by atoms with E-state index in [1.807, 2.05) is 17.9 Å². The number of aromatic nitrogens is 2. The number of piperidine rings is 1. The summed E-state index contributed by atoms with van der Waals surface area (Å²) < 4.78 is 0. The Morgan fingerprint density at radius 2 is 1.83 bits per heavy atom. The Balaban J connectivity index is 1.46. The third-order valence-corrected chi connectivity index (χ3v) is 5.22. The Bertz CT molecular complexity index is 776. The van der Waals surface area contributed by atoms with Crippen molar-refractivity contribution >= 4 is 22.8 Å². The molecule has 0 unspecified atom stereocenters. The zero-order valence-electron chi connectivity index (χ0n) is 14.5. The van der Waals surface area contributed by atoms with Crippen LogP contribution in [-0.2, 0) is 4.79 Å². The lowest BCUT2D eigenvalue weighted by Crippen LogP contribution is -2.55. The van der Waals surface area contributed by atoms with Gasteiger partial charge >= 0.3 is 0 Å². The zero-order chi connectivity index (χ0) is 16.7. The molecule has 4 heterocycles. The van der Waals surface area contributed by atoms with Crippen molar-refractivity contribution in [1.82, 2.24) is 14.9 Å². The third kappa shape index (κ3) is 2.72. The van der Waals surface area contributed by atoms with E-state index >= 15 is 0 Å². The number of hydrogen-bond acceptors (Lipinski definition) is 4. The van der Waals surface area contributed by atoms with E-state index in [2.05, 4.69) is 28.9 Å². The number of hydrogen-bond donors (Lipinski definition) is 0. The summed E-state index contributed by atoms with van der Waals surface area (Å²) in [6, 6.07) is 6.23. The monoisotopic (exact) mass is 324 g/mol. The van der Waals surface area contributed by atoms with Crippen LogP contribution in [0.3, 0.4) is 0 Å². The summed E-state index contributed by atoms with van der Waals surface area (Å²) in [5, 5.41) is 1.10. The van der Waals surface area contributed by atoms with Crippen LogP contribution in [-0.4, -0.2) is 47.0 Å². The van der Waals surface area contributed by atoms with Gasteiger partial charge < -0.3 is 9.80 Å². The van der Waals surface area contributed by atoms with Crippen molar-refractivity contribution in [3.8, 4) is 0 Å². The molecule has 2 aliphatic heterocycles. The molecule has 5 heteroatoms. The van der Waals surface area contributed by atoms with Gasteiger partial charge in [-0.15, -0.1) is 0 Å². The van der Waals surface area contributed by atoms with Gasteiger partial charge in [-0.2, -0.15) is 0 Å². The predicted molar refractivity (Wildman–Crippen MR) is 95.1 cm³/mol. The Kier molecular flexibility index (Phi) is 3.87. The minimum absolute atomic E-state index is 0.132.